The minimum Gasteiger partial charge on any atom is -0.368 e. The summed E-state index contributed by atoms with van der Waals surface area (Å²) in [5.74, 6) is 1.08. The lowest BCUT2D eigenvalue weighted by atomic mass is 10.2. The molecule has 2 rings (SSSR count). The van der Waals surface area contributed by atoms with Crippen molar-refractivity contribution in [3.8, 4) is 0 Å². The van der Waals surface area contributed by atoms with Gasteiger partial charge in [-0.2, -0.15) is 0 Å². The first-order valence-electron chi connectivity index (χ1n) is 4.03. The van der Waals surface area contributed by atoms with Gasteiger partial charge in [0.25, 0.3) is 0 Å². The Morgan fingerprint density at radius 3 is 2.83 bits per heavy atom. The predicted molar refractivity (Wildman–Crippen MR) is 47.9 cm³/mol. The normalized spacial score (nSPS) is 16.4. The maximum absolute atomic E-state index is 5.72. The van der Waals surface area contributed by atoms with Crippen molar-refractivity contribution < 1.29 is 0 Å². The number of halogens is 1. The minimum atomic E-state index is 0.276. The summed E-state index contributed by atoms with van der Waals surface area (Å²) in [6, 6.07) is 1.79. The number of nitrogens with zero attached hydrogens (tertiary/aromatic N) is 2. The molecule has 0 amide bonds. The molecule has 2 N–H and O–H groups in total. The molecule has 1 aliphatic rings. The first-order valence-corrected chi connectivity index (χ1v) is 4.41. The Bertz CT molecular complexity index is 276. The average molecular weight is 184 g/mol. The van der Waals surface area contributed by atoms with Gasteiger partial charge in [-0.25, -0.2) is 9.97 Å². The fourth-order valence-corrected chi connectivity index (χ4v) is 1.42. The van der Waals surface area contributed by atoms with Crippen LogP contribution in [-0.2, 0) is 6.42 Å². The summed E-state index contributed by atoms with van der Waals surface area (Å²) in [5.41, 5.74) is 6.42. The summed E-state index contributed by atoms with van der Waals surface area (Å²) in [7, 11) is 0. The Kier molecular flexibility index (Phi) is 1.89. The van der Waals surface area contributed by atoms with E-state index in [1.165, 1.54) is 12.8 Å². The van der Waals surface area contributed by atoms with Gasteiger partial charge in [-0.15, -0.1) is 0 Å². The number of hydrogen-bond donors (Lipinski definition) is 1. The average Bonchev–Trinajstić information content (AvgIpc) is 2.68. The number of hydrogen-bond acceptors (Lipinski definition) is 3. The van der Waals surface area contributed by atoms with Crippen molar-refractivity contribution in [1.82, 2.24) is 9.97 Å². The van der Waals surface area contributed by atoms with E-state index in [2.05, 4.69) is 9.97 Å². The maximum atomic E-state index is 5.72. The van der Waals surface area contributed by atoms with Crippen LogP contribution in [0.25, 0.3) is 0 Å². The zero-order valence-electron chi connectivity index (χ0n) is 6.63. The van der Waals surface area contributed by atoms with E-state index in [9.17, 15) is 0 Å². The Balaban J connectivity index is 2.18. The third kappa shape index (κ3) is 1.85. The molecule has 1 heterocycles. The number of rotatable bonds is 2. The molecule has 4 heteroatoms. The Hall–Kier alpha value is -0.830. The highest BCUT2D eigenvalue weighted by Gasteiger charge is 2.22. The van der Waals surface area contributed by atoms with Gasteiger partial charge in [-0.1, -0.05) is 11.6 Å². The zero-order chi connectivity index (χ0) is 8.55. The number of anilines is 1. The van der Waals surface area contributed by atoms with Crippen LogP contribution in [0.1, 0.15) is 18.5 Å². The third-order valence-corrected chi connectivity index (χ3v) is 2.15. The molecule has 1 saturated carbocycles. The van der Waals surface area contributed by atoms with Crippen molar-refractivity contribution in [1.29, 1.82) is 0 Å². The molecule has 0 saturated heterocycles. The van der Waals surface area contributed by atoms with Crippen molar-refractivity contribution in [2.75, 3.05) is 5.73 Å². The van der Waals surface area contributed by atoms with Crippen LogP contribution in [0.15, 0.2) is 6.07 Å². The second-order valence-corrected chi connectivity index (χ2v) is 3.57. The molecular weight excluding hydrogens is 174 g/mol. The number of aromatic nitrogens is 2. The fraction of sp³-hybridized carbons (Fsp3) is 0.500. The first kappa shape index (κ1) is 7.80. The van der Waals surface area contributed by atoms with Gasteiger partial charge in [0.2, 0.25) is 5.95 Å². The summed E-state index contributed by atoms with van der Waals surface area (Å²) < 4.78 is 0. The molecule has 0 atom stereocenters. The van der Waals surface area contributed by atoms with Gasteiger partial charge >= 0.3 is 0 Å². The van der Waals surface area contributed by atoms with E-state index in [-0.39, 0.29) is 5.95 Å². The van der Waals surface area contributed by atoms with Crippen molar-refractivity contribution >= 4 is 17.5 Å². The van der Waals surface area contributed by atoms with Crippen LogP contribution in [0.5, 0.6) is 0 Å². The van der Waals surface area contributed by atoms with Crippen molar-refractivity contribution in [2.45, 2.75) is 19.3 Å². The summed E-state index contributed by atoms with van der Waals surface area (Å²) >= 11 is 5.72. The molecule has 1 fully saturated rings. The molecule has 1 aliphatic carbocycles. The molecule has 0 spiro atoms. The van der Waals surface area contributed by atoms with Crippen LogP contribution in [0.3, 0.4) is 0 Å². The SMILES string of the molecule is Nc1nc(Cl)cc(CC2CC2)n1. The molecule has 0 aliphatic heterocycles. The molecule has 0 unspecified atom stereocenters. The first-order chi connectivity index (χ1) is 5.74. The largest absolute Gasteiger partial charge is 0.368 e. The lowest BCUT2D eigenvalue weighted by molar-refractivity contribution is 0.801. The van der Waals surface area contributed by atoms with E-state index < -0.39 is 0 Å². The van der Waals surface area contributed by atoms with E-state index in [0.29, 0.717) is 5.15 Å². The van der Waals surface area contributed by atoms with E-state index in [1.807, 2.05) is 0 Å². The van der Waals surface area contributed by atoms with Gasteiger partial charge in [-0.3, -0.25) is 0 Å². The summed E-state index contributed by atoms with van der Waals surface area (Å²) in [6.07, 6.45) is 3.61. The second kappa shape index (κ2) is 2.90. The van der Waals surface area contributed by atoms with Crippen molar-refractivity contribution in [3.63, 3.8) is 0 Å². The van der Waals surface area contributed by atoms with Crippen LogP contribution < -0.4 is 5.73 Å². The van der Waals surface area contributed by atoms with Crippen molar-refractivity contribution in [3.05, 3.63) is 16.9 Å². The quantitative estimate of drug-likeness (QED) is 0.710. The van der Waals surface area contributed by atoms with Crippen LogP contribution >= 0.6 is 11.6 Å². The molecule has 1 aromatic rings. The van der Waals surface area contributed by atoms with Crippen molar-refractivity contribution in [2.24, 2.45) is 5.92 Å². The monoisotopic (exact) mass is 183 g/mol. The second-order valence-electron chi connectivity index (χ2n) is 3.19. The van der Waals surface area contributed by atoms with Crippen LogP contribution in [0.2, 0.25) is 5.15 Å². The van der Waals surface area contributed by atoms with E-state index in [4.69, 9.17) is 17.3 Å². The Labute approximate surface area is 76.0 Å². The summed E-state index contributed by atoms with van der Waals surface area (Å²) in [6.45, 7) is 0. The van der Waals surface area contributed by atoms with Gasteiger partial charge in [0, 0.05) is 5.69 Å². The fourth-order valence-electron chi connectivity index (χ4n) is 1.21. The van der Waals surface area contributed by atoms with Crippen LogP contribution in [0, 0.1) is 5.92 Å². The van der Waals surface area contributed by atoms with Gasteiger partial charge in [0.15, 0.2) is 0 Å². The van der Waals surface area contributed by atoms with Gasteiger partial charge < -0.3 is 5.73 Å². The molecule has 0 aromatic carbocycles. The molecule has 1 aromatic heterocycles. The highest BCUT2D eigenvalue weighted by molar-refractivity contribution is 6.29. The smallest absolute Gasteiger partial charge is 0.221 e. The van der Waals surface area contributed by atoms with Gasteiger partial charge in [0.05, 0.1) is 0 Å². The molecular formula is C8H10ClN3. The van der Waals surface area contributed by atoms with E-state index in [1.54, 1.807) is 6.07 Å². The highest BCUT2D eigenvalue weighted by atomic mass is 35.5. The third-order valence-electron chi connectivity index (χ3n) is 1.96. The topological polar surface area (TPSA) is 51.8 Å². The van der Waals surface area contributed by atoms with Gasteiger partial charge in [-0.05, 0) is 31.2 Å². The minimum absolute atomic E-state index is 0.276. The number of nitrogens with two attached hydrogens (primary N) is 1. The molecule has 12 heavy (non-hydrogen) atoms. The van der Waals surface area contributed by atoms with E-state index in [0.717, 1.165) is 18.0 Å². The summed E-state index contributed by atoms with van der Waals surface area (Å²) in [5, 5.41) is 0.443. The lowest BCUT2D eigenvalue weighted by Crippen LogP contribution is -2.00. The lowest BCUT2D eigenvalue weighted by Gasteiger charge is -1.99. The highest BCUT2D eigenvalue weighted by Crippen LogP contribution is 2.32. The maximum Gasteiger partial charge on any atom is 0.221 e. The Morgan fingerprint density at radius 1 is 1.50 bits per heavy atom. The molecule has 64 valence electrons. The van der Waals surface area contributed by atoms with Crippen LogP contribution in [-0.4, -0.2) is 9.97 Å². The van der Waals surface area contributed by atoms with Crippen LogP contribution in [0.4, 0.5) is 5.95 Å². The standard InChI is InChI=1S/C8H10ClN3/c9-7-4-6(3-5-1-2-5)11-8(10)12-7/h4-5H,1-3H2,(H2,10,11,12). The zero-order valence-corrected chi connectivity index (χ0v) is 7.38. The molecule has 0 bridgehead atoms. The summed E-state index contributed by atoms with van der Waals surface area (Å²) in [4.78, 5) is 7.89. The predicted octanol–water partition coefficient (Wildman–Crippen LogP) is 1.66. The van der Waals surface area contributed by atoms with E-state index >= 15 is 0 Å². The molecule has 0 radical (unpaired) electrons. The Morgan fingerprint density at radius 2 is 2.25 bits per heavy atom. The molecule has 3 nitrogen and oxygen atoms in total. The number of nitrogen functional groups attached to an aromatic ring is 1. The van der Waals surface area contributed by atoms with Gasteiger partial charge in [0.1, 0.15) is 5.15 Å².